The largest absolute Gasteiger partial charge is 0.416 e. The highest BCUT2D eigenvalue weighted by Crippen LogP contribution is 2.37. The van der Waals surface area contributed by atoms with Crippen LogP contribution in [0.25, 0.3) is 22.2 Å². The van der Waals surface area contributed by atoms with E-state index in [-0.39, 0.29) is 6.04 Å². The maximum Gasteiger partial charge on any atom is 0.416 e. The minimum Gasteiger partial charge on any atom is -0.352 e. The number of halogens is 5. The molecule has 6 nitrogen and oxygen atoms in total. The average Bonchev–Trinajstić information content (AvgIpc) is 3.22. The summed E-state index contributed by atoms with van der Waals surface area (Å²) in [7, 11) is 0. The number of rotatable bonds is 3. The van der Waals surface area contributed by atoms with Crippen LogP contribution in [0.2, 0.25) is 10.0 Å². The minimum absolute atomic E-state index is 0.00761. The van der Waals surface area contributed by atoms with Gasteiger partial charge >= 0.3 is 6.18 Å². The Morgan fingerprint density at radius 1 is 1.12 bits per heavy atom. The van der Waals surface area contributed by atoms with Gasteiger partial charge in [-0.1, -0.05) is 29.3 Å². The van der Waals surface area contributed by atoms with Crippen LogP contribution in [0.15, 0.2) is 48.9 Å². The maximum absolute atomic E-state index is 13.6. The second-order valence-electron chi connectivity index (χ2n) is 8.17. The minimum atomic E-state index is -4.49. The third kappa shape index (κ3) is 4.25. The molecule has 0 spiro atoms. The molecular formula is C23H19Cl2F3N6. The van der Waals surface area contributed by atoms with Gasteiger partial charge in [-0.3, -0.25) is 4.98 Å². The number of alkyl halides is 3. The van der Waals surface area contributed by atoms with Crippen molar-refractivity contribution in [1.82, 2.24) is 19.9 Å². The number of benzene rings is 1. The number of fused-ring (bicyclic) bond motifs is 1. The van der Waals surface area contributed by atoms with Crippen molar-refractivity contribution in [1.29, 1.82) is 0 Å². The van der Waals surface area contributed by atoms with Crippen LogP contribution < -0.4 is 9.80 Å². The second kappa shape index (κ2) is 8.63. The van der Waals surface area contributed by atoms with Crippen LogP contribution in [-0.2, 0) is 6.18 Å². The fourth-order valence-electron chi connectivity index (χ4n) is 4.25. The number of hydrogen-bond donors (Lipinski definition) is 1. The van der Waals surface area contributed by atoms with Gasteiger partial charge in [0.1, 0.15) is 5.82 Å². The predicted molar refractivity (Wildman–Crippen MR) is 128 cm³/mol. The molecule has 4 heterocycles. The third-order valence-electron chi connectivity index (χ3n) is 5.86. The van der Waals surface area contributed by atoms with E-state index in [0.29, 0.717) is 63.6 Å². The first kappa shape index (κ1) is 22.7. The Hall–Kier alpha value is -3.04. The lowest BCUT2D eigenvalue weighted by molar-refractivity contribution is -0.137. The Morgan fingerprint density at radius 2 is 1.94 bits per heavy atom. The molecule has 34 heavy (non-hydrogen) atoms. The van der Waals surface area contributed by atoms with Crippen molar-refractivity contribution in [2.75, 3.05) is 29.4 Å². The molecule has 1 aliphatic heterocycles. The number of aromatic nitrogens is 4. The number of aromatic amines is 1. The Kier molecular flexibility index (Phi) is 5.77. The van der Waals surface area contributed by atoms with Crippen molar-refractivity contribution in [2.24, 2.45) is 0 Å². The number of nitrogens with one attached hydrogen (secondary N) is 1. The number of hydrogen-bond acceptors (Lipinski definition) is 5. The summed E-state index contributed by atoms with van der Waals surface area (Å²) in [6.45, 7) is 3.82. The van der Waals surface area contributed by atoms with E-state index in [9.17, 15) is 13.2 Å². The highest BCUT2D eigenvalue weighted by Gasteiger charge is 2.33. The van der Waals surface area contributed by atoms with E-state index >= 15 is 0 Å². The molecular weight excluding hydrogens is 488 g/mol. The summed E-state index contributed by atoms with van der Waals surface area (Å²) in [5, 5.41) is 0.933. The molecule has 0 bridgehead atoms. The van der Waals surface area contributed by atoms with E-state index in [0.717, 1.165) is 12.1 Å². The number of imidazole rings is 1. The van der Waals surface area contributed by atoms with Crippen LogP contribution in [-0.4, -0.2) is 45.6 Å². The lowest BCUT2D eigenvalue weighted by atomic mass is 10.0. The number of nitrogens with zero attached hydrogens (tertiary/aromatic N) is 5. The third-order valence-corrected chi connectivity index (χ3v) is 6.35. The maximum atomic E-state index is 13.6. The van der Waals surface area contributed by atoms with Crippen LogP contribution in [0, 0.1) is 0 Å². The van der Waals surface area contributed by atoms with Crippen LogP contribution in [0.3, 0.4) is 0 Å². The molecule has 1 aliphatic rings. The molecule has 1 aromatic carbocycles. The van der Waals surface area contributed by atoms with E-state index in [1.165, 1.54) is 6.20 Å². The first-order valence-electron chi connectivity index (χ1n) is 10.5. The molecule has 0 amide bonds. The van der Waals surface area contributed by atoms with Crippen LogP contribution in [0.4, 0.5) is 24.9 Å². The number of H-pyrrole nitrogens is 1. The van der Waals surface area contributed by atoms with Crippen LogP contribution in [0.1, 0.15) is 12.5 Å². The Bertz CT molecular complexity index is 1340. The van der Waals surface area contributed by atoms with E-state index in [1.54, 1.807) is 30.6 Å². The van der Waals surface area contributed by atoms with Crippen molar-refractivity contribution < 1.29 is 13.2 Å². The molecule has 0 unspecified atom stereocenters. The predicted octanol–water partition coefficient (Wildman–Crippen LogP) is 6.06. The fraction of sp³-hybridized carbons (Fsp3) is 0.261. The van der Waals surface area contributed by atoms with Gasteiger partial charge in [0.05, 0.1) is 26.6 Å². The standard InChI is InChI=1S/C23H19Cl2F3N6/c1-13-12-33(21-18(25)9-16(24)11-30-21)5-6-34(13)22-31-19-8-15(23(26,27)28)7-17(20(19)32-22)14-3-2-4-29-10-14/h2-4,7-11,13H,5-6,12H2,1H3,(H,31,32)/t13-/m1/s1. The zero-order valence-corrected chi connectivity index (χ0v) is 19.5. The van der Waals surface area contributed by atoms with Gasteiger partial charge in [0.15, 0.2) is 0 Å². The normalized spacial score (nSPS) is 16.9. The number of piperazine rings is 1. The van der Waals surface area contributed by atoms with Crippen molar-refractivity contribution in [3.63, 3.8) is 0 Å². The Balaban J connectivity index is 1.50. The summed E-state index contributed by atoms with van der Waals surface area (Å²) in [4.78, 5) is 20.3. The smallest absolute Gasteiger partial charge is 0.352 e. The summed E-state index contributed by atoms with van der Waals surface area (Å²) in [6, 6.07) is 7.28. The van der Waals surface area contributed by atoms with Crippen LogP contribution in [0.5, 0.6) is 0 Å². The van der Waals surface area contributed by atoms with Gasteiger partial charge in [-0.25, -0.2) is 9.97 Å². The summed E-state index contributed by atoms with van der Waals surface area (Å²) in [6.07, 6.45) is 0.179. The van der Waals surface area contributed by atoms with E-state index in [2.05, 4.69) is 19.9 Å². The molecule has 3 aromatic heterocycles. The van der Waals surface area contributed by atoms with Gasteiger partial charge < -0.3 is 14.8 Å². The van der Waals surface area contributed by atoms with E-state index < -0.39 is 11.7 Å². The van der Waals surface area contributed by atoms with Crippen LogP contribution >= 0.6 is 23.2 Å². The van der Waals surface area contributed by atoms with Gasteiger partial charge in [-0.15, -0.1) is 0 Å². The summed E-state index contributed by atoms with van der Waals surface area (Å²) in [5.74, 6) is 1.16. The zero-order chi connectivity index (χ0) is 24.0. The van der Waals surface area contributed by atoms with Crippen molar-refractivity contribution in [2.45, 2.75) is 19.1 Å². The number of anilines is 2. The lowest BCUT2D eigenvalue weighted by Gasteiger charge is -2.40. The average molecular weight is 507 g/mol. The van der Waals surface area contributed by atoms with E-state index in [4.69, 9.17) is 28.2 Å². The lowest BCUT2D eigenvalue weighted by Crippen LogP contribution is -2.52. The van der Waals surface area contributed by atoms with Crippen molar-refractivity contribution in [3.05, 3.63) is 64.5 Å². The quantitative estimate of drug-likeness (QED) is 0.365. The zero-order valence-electron chi connectivity index (χ0n) is 17.9. The number of pyridine rings is 2. The van der Waals surface area contributed by atoms with Gasteiger partial charge in [0.2, 0.25) is 5.95 Å². The molecule has 0 aliphatic carbocycles. The van der Waals surface area contributed by atoms with Gasteiger partial charge in [-0.2, -0.15) is 13.2 Å². The molecule has 4 aromatic rings. The fourth-order valence-corrected chi connectivity index (χ4v) is 4.75. The first-order chi connectivity index (χ1) is 16.2. The molecule has 0 radical (unpaired) electrons. The van der Waals surface area contributed by atoms with Gasteiger partial charge in [0, 0.05) is 55.4 Å². The molecule has 1 N–H and O–H groups in total. The van der Waals surface area contributed by atoms with Gasteiger partial charge in [0.25, 0.3) is 0 Å². The molecule has 5 rings (SSSR count). The molecule has 11 heteroatoms. The highest BCUT2D eigenvalue weighted by atomic mass is 35.5. The summed E-state index contributed by atoms with van der Waals surface area (Å²) in [5.41, 5.74) is 0.992. The molecule has 1 fully saturated rings. The van der Waals surface area contributed by atoms with Gasteiger partial charge in [-0.05, 0) is 31.2 Å². The second-order valence-corrected chi connectivity index (χ2v) is 9.01. The Morgan fingerprint density at radius 3 is 2.62 bits per heavy atom. The van der Waals surface area contributed by atoms with Crippen molar-refractivity contribution in [3.8, 4) is 11.1 Å². The molecule has 176 valence electrons. The summed E-state index contributed by atoms with van der Waals surface area (Å²) >= 11 is 12.3. The highest BCUT2D eigenvalue weighted by molar-refractivity contribution is 6.36. The Labute approximate surface area is 203 Å². The molecule has 1 atom stereocenters. The van der Waals surface area contributed by atoms with Crippen molar-refractivity contribution >= 4 is 46.0 Å². The first-order valence-corrected chi connectivity index (χ1v) is 11.3. The monoisotopic (exact) mass is 506 g/mol. The molecule has 1 saturated heterocycles. The summed E-state index contributed by atoms with van der Waals surface area (Å²) < 4.78 is 40.8. The molecule has 0 saturated carbocycles. The SMILES string of the molecule is C[C@@H]1CN(c2ncc(Cl)cc2Cl)CCN1c1nc2c(-c3cccnc3)cc(C(F)(F)F)cc2[nH]1. The van der Waals surface area contributed by atoms with E-state index in [1.807, 2.05) is 11.8 Å². The topological polar surface area (TPSA) is 60.9 Å².